The first-order valence-electron chi connectivity index (χ1n) is 6.41. The van der Waals surface area contributed by atoms with Crippen LogP contribution in [0.3, 0.4) is 0 Å². The van der Waals surface area contributed by atoms with Crippen molar-refractivity contribution in [1.82, 2.24) is 4.90 Å². The predicted molar refractivity (Wildman–Crippen MR) is 66.9 cm³/mol. The molecule has 1 rings (SSSR count). The lowest BCUT2D eigenvalue weighted by Gasteiger charge is -2.37. The fraction of sp³-hybridized carbons (Fsp3) is 1.00. The van der Waals surface area contributed by atoms with Gasteiger partial charge in [-0.05, 0) is 58.9 Å². The summed E-state index contributed by atoms with van der Waals surface area (Å²) in [6.45, 7) is 11.5. The SMILES string of the molecule is CC1CCC(C)N(CCCC(C)(C)N)C1. The lowest BCUT2D eigenvalue weighted by molar-refractivity contribution is 0.120. The topological polar surface area (TPSA) is 29.3 Å². The van der Waals surface area contributed by atoms with E-state index in [0.717, 1.165) is 18.4 Å². The fourth-order valence-electron chi connectivity index (χ4n) is 2.43. The molecule has 90 valence electrons. The molecule has 2 unspecified atom stereocenters. The van der Waals surface area contributed by atoms with E-state index in [1.165, 1.54) is 32.4 Å². The van der Waals surface area contributed by atoms with E-state index in [1.807, 2.05) is 0 Å². The van der Waals surface area contributed by atoms with E-state index in [0.29, 0.717) is 0 Å². The Hall–Kier alpha value is -0.0800. The molecule has 0 spiro atoms. The predicted octanol–water partition coefficient (Wildman–Crippen LogP) is 2.62. The van der Waals surface area contributed by atoms with Crippen molar-refractivity contribution in [2.75, 3.05) is 13.1 Å². The second kappa shape index (κ2) is 5.31. The van der Waals surface area contributed by atoms with Gasteiger partial charge in [-0.1, -0.05) is 6.92 Å². The Balaban J connectivity index is 2.24. The number of piperidine rings is 1. The van der Waals surface area contributed by atoms with Gasteiger partial charge < -0.3 is 10.6 Å². The normalized spacial score (nSPS) is 29.4. The Kier molecular flexibility index (Phi) is 4.60. The molecule has 0 bridgehead atoms. The molecule has 0 amide bonds. The van der Waals surface area contributed by atoms with E-state index in [2.05, 4.69) is 32.6 Å². The van der Waals surface area contributed by atoms with Crippen LogP contribution in [0.2, 0.25) is 0 Å². The number of hydrogen-bond acceptors (Lipinski definition) is 2. The van der Waals surface area contributed by atoms with Gasteiger partial charge in [-0.25, -0.2) is 0 Å². The number of hydrogen-bond donors (Lipinski definition) is 1. The largest absolute Gasteiger partial charge is 0.326 e. The van der Waals surface area contributed by atoms with Crippen LogP contribution in [0.1, 0.15) is 53.4 Å². The van der Waals surface area contributed by atoms with Crippen LogP contribution in [0.4, 0.5) is 0 Å². The van der Waals surface area contributed by atoms with Crippen LogP contribution in [0, 0.1) is 5.92 Å². The summed E-state index contributed by atoms with van der Waals surface area (Å²) >= 11 is 0. The Labute approximate surface area is 95.2 Å². The maximum absolute atomic E-state index is 5.99. The summed E-state index contributed by atoms with van der Waals surface area (Å²) < 4.78 is 0. The van der Waals surface area contributed by atoms with Crippen LogP contribution in [-0.4, -0.2) is 29.6 Å². The molecule has 2 nitrogen and oxygen atoms in total. The molecule has 1 fully saturated rings. The van der Waals surface area contributed by atoms with Gasteiger partial charge in [0.2, 0.25) is 0 Å². The van der Waals surface area contributed by atoms with E-state index in [1.54, 1.807) is 0 Å². The summed E-state index contributed by atoms with van der Waals surface area (Å²) in [5.41, 5.74) is 6.00. The first kappa shape index (κ1) is 13.0. The first-order chi connectivity index (χ1) is 6.88. The summed E-state index contributed by atoms with van der Waals surface area (Å²) in [6.07, 6.45) is 5.14. The molecule has 0 aliphatic carbocycles. The molecule has 0 saturated carbocycles. The van der Waals surface area contributed by atoms with Crippen LogP contribution in [0.15, 0.2) is 0 Å². The average molecular weight is 212 g/mol. The zero-order chi connectivity index (χ0) is 11.5. The van der Waals surface area contributed by atoms with Gasteiger partial charge in [0.05, 0.1) is 0 Å². The average Bonchev–Trinajstić information content (AvgIpc) is 2.09. The minimum Gasteiger partial charge on any atom is -0.326 e. The zero-order valence-electron chi connectivity index (χ0n) is 10.9. The molecule has 1 aliphatic heterocycles. The van der Waals surface area contributed by atoms with Gasteiger partial charge in [0.15, 0.2) is 0 Å². The maximum Gasteiger partial charge on any atom is 0.00975 e. The summed E-state index contributed by atoms with van der Waals surface area (Å²) in [7, 11) is 0. The zero-order valence-corrected chi connectivity index (χ0v) is 10.9. The van der Waals surface area contributed by atoms with E-state index < -0.39 is 0 Å². The summed E-state index contributed by atoms with van der Waals surface area (Å²) in [5, 5.41) is 0. The lowest BCUT2D eigenvalue weighted by atomic mass is 9.94. The Morgan fingerprint density at radius 3 is 2.53 bits per heavy atom. The van der Waals surface area contributed by atoms with Crippen LogP contribution >= 0.6 is 0 Å². The Bertz CT molecular complexity index is 183. The van der Waals surface area contributed by atoms with Gasteiger partial charge in [0, 0.05) is 18.1 Å². The fourth-order valence-corrected chi connectivity index (χ4v) is 2.43. The highest BCUT2D eigenvalue weighted by Crippen LogP contribution is 2.22. The molecule has 1 aliphatic rings. The van der Waals surface area contributed by atoms with Crippen LogP contribution in [0.25, 0.3) is 0 Å². The van der Waals surface area contributed by atoms with Crippen LogP contribution in [0.5, 0.6) is 0 Å². The minimum atomic E-state index is 0.00460. The molecular formula is C13H28N2. The molecule has 2 N–H and O–H groups in total. The smallest absolute Gasteiger partial charge is 0.00975 e. The first-order valence-corrected chi connectivity index (χ1v) is 6.41. The highest BCUT2D eigenvalue weighted by atomic mass is 15.2. The summed E-state index contributed by atoms with van der Waals surface area (Å²) in [6, 6.07) is 0.780. The molecule has 0 aromatic carbocycles. The van der Waals surface area contributed by atoms with Crippen molar-refractivity contribution in [2.45, 2.75) is 65.0 Å². The van der Waals surface area contributed by atoms with Gasteiger partial charge in [-0.3, -0.25) is 0 Å². The molecule has 2 heteroatoms. The van der Waals surface area contributed by atoms with Crippen molar-refractivity contribution in [3.05, 3.63) is 0 Å². The monoisotopic (exact) mass is 212 g/mol. The van der Waals surface area contributed by atoms with Gasteiger partial charge in [0.1, 0.15) is 0 Å². The molecule has 15 heavy (non-hydrogen) atoms. The highest BCUT2D eigenvalue weighted by molar-refractivity contribution is 4.78. The molecule has 0 radical (unpaired) electrons. The van der Waals surface area contributed by atoms with E-state index >= 15 is 0 Å². The van der Waals surface area contributed by atoms with Gasteiger partial charge in [-0.15, -0.1) is 0 Å². The minimum absolute atomic E-state index is 0.00460. The number of nitrogens with two attached hydrogens (primary N) is 1. The summed E-state index contributed by atoms with van der Waals surface area (Å²) in [4.78, 5) is 2.64. The van der Waals surface area contributed by atoms with E-state index in [4.69, 9.17) is 5.73 Å². The van der Waals surface area contributed by atoms with Crippen molar-refractivity contribution in [1.29, 1.82) is 0 Å². The molecule has 2 atom stereocenters. The Morgan fingerprint density at radius 2 is 1.93 bits per heavy atom. The lowest BCUT2D eigenvalue weighted by Crippen LogP contribution is -2.42. The van der Waals surface area contributed by atoms with Crippen molar-refractivity contribution >= 4 is 0 Å². The van der Waals surface area contributed by atoms with Crippen LogP contribution in [-0.2, 0) is 0 Å². The van der Waals surface area contributed by atoms with E-state index in [-0.39, 0.29) is 5.54 Å². The molecule has 1 heterocycles. The Morgan fingerprint density at radius 1 is 1.27 bits per heavy atom. The third-order valence-electron chi connectivity index (χ3n) is 3.51. The third kappa shape index (κ3) is 4.98. The van der Waals surface area contributed by atoms with Gasteiger partial charge >= 0.3 is 0 Å². The van der Waals surface area contributed by atoms with Crippen LogP contribution < -0.4 is 5.73 Å². The number of rotatable bonds is 4. The molecule has 0 aromatic rings. The molecular weight excluding hydrogens is 184 g/mol. The number of nitrogens with zero attached hydrogens (tertiary/aromatic N) is 1. The quantitative estimate of drug-likeness (QED) is 0.776. The molecule has 1 saturated heterocycles. The van der Waals surface area contributed by atoms with Gasteiger partial charge in [-0.2, -0.15) is 0 Å². The standard InChI is InChI=1S/C13H28N2/c1-11-6-7-12(2)15(10-11)9-5-8-13(3,4)14/h11-12H,5-10,14H2,1-4H3. The second-order valence-corrected chi connectivity index (χ2v) is 6.12. The van der Waals surface area contributed by atoms with Crippen molar-refractivity contribution < 1.29 is 0 Å². The van der Waals surface area contributed by atoms with Gasteiger partial charge in [0.25, 0.3) is 0 Å². The second-order valence-electron chi connectivity index (χ2n) is 6.12. The third-order valence-corrected chi connectivity index (χ3v) is 3.51. The van der Waals surface area contributed by atoms with Crippen molar-refractivity contribution in [3.63, 3.8) is 0 Å². The maximum atomic E-state index is 5.99. The van der Waals surface area contributed by atoms with E-state index in [9.17, 15) is 0 Å². The molecule has 0 aromatic heterocycles. The van der Waals surface area contributed by atoms with Crippen molar-refractivity contribution in [2.24, 2.45) is 11.7 Å². The number of likely N-dealkylation sites (tertiary alicyclic amines) is 1. The van der Waals surface area contributed by atoms with Crippen molar-refractivity contribution in [3.8, 4) is 0 Å². The summed E-state index contributed by atoms with van der Waals surface area (Å²) in [5.74, 6) is 0.882. The highest BCUT2D eigenvalue weighted by Gasteiger charge is 2.22.